The fourth-order valence-electron chi connectivity index (χ4n) is 4.48. The van der Waals surface area contributed by atoms with E-state index in [0.717, 1.165) is 25.7 Å². The Morgan fingerprint density at radius 1 is 1.12 bits per heavy atom. The van der Waals surface area contributed by atoms with Crippen LogP contribution in [-0.2, 0) is 14.3 Å². The zero-order chi connectivity index (χ0) is 23.8. The molecule has 10 nitrogen and oxygen atoms in total. The molecule has 0 radical (unpaired) electrons. The first-order valence-corrected chi connectivity index (χ1v) is 11.7. The molecule has 2 aliphatic carbocycles. The van der Waals surface area contributed by atoms with Crippen molar-refractivity contribution in [3.63, 3.8) is 0 Å². The minimum Gasteiger partial charge on any atom is -0.480 e. The molecule has 7 N–H and O–H groups in total. The quantitative estimate of drug-likeness (QED) is 0.203. The standard InChI is InChI=1S/C21H36ClN5O5/c1-11(2)32-21(31)27-17(19(29)30)9-12-3-6-14(7-4-12)25-18(28)13-5-8-15(22)16(10-13)26-20(23)24/h11-17H,3-10H2,1-2H3,(H,25,28)(H,27,31)(H,29,30)(H4,23,24,26). The number of hydrogen-bond acceptors (Lipinski definition) is 5. The number of alkyl carbamates (subject to hydrolysis) is 1. The van der Waals surface area contributed by atoms with E-state index < -0.39 is 18.1 Å². The van der Waals surface area contributed by atoms with Crippen LogP contribution in [0.3, 0.4) is 0 Å². The first kappa shape index (κ1) is 26.0. The highest BCUT2D eigenvalue weighted by Gasteiger charge is 2.35. The van der Waals surface area contributed by atoms with Gasteiger partial charge in [-0.15, -0.1) is 11.6 Å². The average Bonchev–Trinajstić information content (AvgIpc) is 2.69. The van der Waals surface area contributed by atoms with Crippen molar-refractivity contribution in [1.29, 1.82) is 0 Å². The Morgan fingerprint density at radius 2 is 1.78 bits per heavy atom. The zero-order valence-corrected chi connectivity index (χ0v) is 19.5. The van der Waals surface area contributed by atoms with Crippen LogP contribution in [0.2, 0.25) is 0 Å². The first-order chi connectivity index (χ1) is 15.0. The SMILES string of the molecule is CC(C)OC(=O)NC(CC1CCC(NC(=O)C2CCC(Cl)C(N=C(N)N)C2)CC1)C(=O)O. The molecule has 0 aromatic rings. The van der Waals surface area contributed by atoms with E-state index in [1.54, 1.807) is 13.8 Å². The van der Waals surface area contributed by atoms with Crippen LogP contribution in [0.15, 0.2) is 4.99 Å². The van der Waals surface area contributed by atoms with Crippen LogP contribution in [0.4, 0.5) is 4.79 Å². The largest absolute Gasteiger partial charge is 0.480 e. The number of rotatable bonds is 8. The van der Waals surface area contributed by atoms with E-state index in [2.05, 4.69) is 15.6 Å². The van der Waals surface area contributed by atoms with E-state index in [1.807, 2.05) is 0 Å². The van der Waals surface area contributed by atoms with Gasteiger partial charge < -0.3 is 31.9 Å². The maximum Gasteiger partial charge on any atom is 0.408 e. The Labute approximate surface area is 193 Å². The zero-order valence-electron chi connectivity index (χ0n) is 18.8. The lowest BCUT2D eigenvalue weighted by molar-refractivity contribution is -0.140. The predicted octanol–water partition coefficient (Wildman–Crippen LogP) is 1.69. The number of carboxylic acid groups (broad SMARTS) is 1. The molecule has 0 aromatic heterocycles. The van der Waals surface area contributed by atoms with Crippen LogP contribution in [0, 0.1) is 11.8 Å². The number of guanidine groups is 1. The molecule has 32 heavy (non-hydrogen) atoms. The second-order valence-electron chi connectivity index (χ2n) is 9.10. The van der Waals surface area contributed by atoms with Crippen LogP contribution >= 0.6 is 11.6 Å². The van der Waals surface area contributed by atoms with Crippen LogP contribution in [0.5, 0.6) is 0 Å². The lowest BCUT2D eigenvalue weighted by atomic mass is 9.81. The lowest BCUT2D eigenvalue weighted by Gasteiger charge is -2.33. The van der Waals surface area contributed by atoms with Crippen molar-refractivity contribution in [2.75, 3.05) is 0 Å². The summed E-state index contributed by atoms with van der Waals surface area (Å²) in [6, 6.07) is -1.20. The van der Waals surface area contributed by atoms with Crippen molar-refractivity contribution in [2.24, 2.45) is 28.3 Å². The first-order valence-electron chi connectivity index (χ1n) is 11.3. The molecule has 0 heterocycles. The highest BCUT2D eigenvalue weighted by Crippen LogP contribution is 2.32. The molecule has 2 saturated carbocycles. The average molecular weight is 474 g/mol. The van der Waals surface area contributed by atoms with Gasteiger partial charge in [0.15, 0.2) is 5.96 Å². The predicted molar refractivity (Wildman–Crippen MR) is 121 cm³/mol. The molecule has 2 aliphatic rings. The Morgan fingerprint density at radius 3 is 2.34 bits per heavy atom. The van der Waals surface area contributed by atoms with Gasteiger partial charge in [-0.1, -0.05) is 0 Å². The molecular weight excluding hydrogens is 438 g/mol. The fourth-order valence-corrected chi connectivity index (χ4v) is 4.76. The monoisotopic (exact) mass is 473 g/mol. The third-order valence-corrected chi connectivity index (χ3v) is 6.62. The number of carbonyl (C=O) groups excluding carboxylic acids is 2. The highest BCUT2D eigenvalue weighted by molar-refractivity contribution is 6.21. The number of nitrogens with one attached hydrogen (secondary N) is 2. The number of carbonyl (C=O) groups is 3. The summed E-state index contributed by atoms with van der Waals surface area (Å²) in [5, 5.41) is 14.8. The van der Waals surface area contributed by atoms with Gasteiger partial charge in [0, 0.05) is 12.0 Å². The highest BCUT2D eigenvalue weighted by atomic mass is 35.5. The van der Waals surface area contributed by atoms with E-state index in [4.69, 9.17) is 27.8 Å². The van der Waals surface area contributed by atoms with Crippen molar-refractivity contribution < 1.29 is 24.2 Å². The van der Waals surface area contributed by atoms with Gasteiger partial charge in [-0.2, -0.15) is 0 Å². The topological polar surface area (TPSA) is 169 Å². The van der Waals surface area contributed by atoms with Crippen molar-refractivity contribution in [3.8, 4) is 0 Å². The van der Waals surface area contributed by atoms with E-state index in [1.165, 1.54) is 0 Å². The number of amides is 2. The molecule has 0 bridgehead atoms. The van der Waals surface area contributed by atoms with E-state index >= 15 is 0 Å². The van der Waals surface area contributed by atoms with Crippen LogP contribution < -0.4 is 22.1 Å². The van der Waals surface area contributed by atoms with E-state index in [9.17, 15) is 19.5 Å². The van der Waals surface area contributed by atoms with Gasteiger partial charge in [0.2, 0.25) is 5.91 Å². The molecule has 0 saturated heterocycles. The number of hydrogen-bond donors (Lipinski definition) is 5. The van der Waals surface area contributed by atoms with Crippen molar-refractivity contribution in [2.45, 2.75) is 94.8 Å². The third-order valence-electron chi connectivity index (χ3n) is 6.12. The molecule has 2 amide bonds. The molecule has 0 spiro atoms. The Kier molecular flexibility index (Phi) is 9.86. The minimum atomic E-state index is -1.08. The van der Waals surface area contributed by atoms with Crippen molar-refractivity contribution in [3.05, 3.63) is 0 Å². The van der Waals surface area contributed by atoms with Gasteiger partial charge in [-0.3, -0.25) is 4.79 Å². The Bertz CT molecular complexity index is 692. The maximum absolute atomic E-state index is 12.8. The lowest BCUT2D eigenvalue weighted by Crippen LogP contribution is -2.46. The fraction of sp³-hybridized carbons (Fsp3) is 0.810. The molecule has 2 rings (SSSR count). The summed E-state index contributed by atoms with van der Waals surface area (Å²) in [6.45, 7) is 3.40. The molecule has 4 atom stereocenters. The Hall–Kier alpha value is -2.23. The number of aliphatic imine (C=N–C) groups is 1. The maximum atomic E-state index is 12.8. The molecule has 182 valence electrons. The summed E-state index contributed by atoms with van der Waals surface area (Å²) < 4.78 is 4.98. The molecule has 4 unspecified atom stereocenters. The van der Waals surface area contributed by atoms with Crippen LogP contribution in [-0.4, -0.2) is 58.6 Å². The van der Waals surface area contributed by atoms with Gasteiger partial charge in [0.1, 0.15) is 6.04 Å². The number of carboxylic acids is 1. The number of nitrogens with two attached hydrogens (primary N) is 2. The number of alkyl halides is 1. The Balaban J connectivity index is 1.79. The summed E-state index contributed by atoms with van der Waals surface area (Å²) in [6.07, 6.45) is 4.27. The van der Waals surface area contributed by atoms with Crippen molar-refractivity contribution in [1.82, 2.24) is 10.6 Å². The van der Waals surface area contributed by atoms with Gasteiger partial charge in [-0.05, 0) is 71.1 Å². The minimum absolute atomic E-state index is 0.00526. The number of ether oxygens (including phenoxy) is 1. The smallest absolute Gasteiger partial charge is 0.408 e. The van der Waals surface area contributed by atoms with E-state index in [0.29, 0.717) is 25.7 Å². The van der Waals surface area contributed by atoms with Crippen LogP contribution in [0.25, 0.3) is 0 Å². The third kappa shape index (κ3) is 8.37. The summed E-state index contributed by atoms with van der Waals surface area (Å²) in [5.74, 6) is -1.13. The molecule has 0 aromatic carbocycles. The number of nitrogens with zero attached hydrogens (tertiary/aromatic N) is 1. The second-order valence-corrected chi connectivity index (χ2v) is 9.66. The summed E-state index contributed by atoms with van der Waals surface area (Å²) in [5.41, 5.74) is 10.9. The summed E-state index contributed by atoms with van der Waals surface area (Å²) >= 11 is 6.30. The number of aliphatic carboxylic acids is 1. The summed E-state index contributed by atoms with van der Waals surface area (Å²) in [4.78, 5) is 40.2. The molecular formula is C21H36ClN5O5. The van der Waals surface area contributed by atoms with Crippen molar-refractivity contribution >= 4 is 35.5 Å². The van der Waals surface area contributed by atoms with Crippen LogP contribution in [0.1, 0.15) is 65.2 Å². The molecule has 0 aliphatic heterocycles. The van der Waals surface area contributed by atoms with Gasteiger partial charge >= 0.3 is 12.1 Å². The summed E-state index contributed by atoms with van der Waals surface area (Å²) in [7, 11) is 0. The number of halogens is 1. The second kappa shape index (κ2) is 12.1. The van der Waals surface area contributed by atoms with Gasteiger partial charge in [-0.25, -0.2) is 14.6 Å². The molecule has 11 heteroatoms. The molecule has 2 fully saturated rings. The van der Waals surface area contributed by atoms with Gasteiger partial charge in [0.25, 0.3) is 0 Å². The van der Waals surface area contributed by atoms with E-state index in [-0.39, 0.29) is 47.3 Å². The van der Waals surface area contributed by atoms with Gasteiger partial charge in [0.05, 0.1) is 17.5 Å². The normalized spacial score (nSPS) is 28.9.